The van der Waals surface area contributed by atoms with Crippen LogP contribution in [0.3, 0.4) is 0 Å². The number of benzene rings is 2. The van der Waals surface area contributed by atoms with E-state index in [0.29, 0.717) is 16.6 Å². The number of pyridine rings is 1. The van der Waals surface area contributed by atoms with Gasteiger partial charge in [-0.1, -0.05) is 18.2 Å². The highest BCUT2D eigenvalue weighted by atomic mass is 32.1. The maximum Gasteiger partial charge on any atom is 0.433 e. The van der Waals surface area contributed by atoms with Gasteiger partial charge < -0.3 is 19.8 Å². The van der Waals surface area contributed by atoms with Crippen LogP contribution >= 0.6 is 11.3 Å². The number of anilines is 1. The maximum absolute atomic E-state index is 13.5. The molecule has 0 fully saturated rings. The fourth-order valence-electron chi connectivity index (χ4n) is 4.15. The van der Waals surface area contributed by atoms with E-state index in [0.717, 1.165) is 16.2 Å². The van der Waals surface area contributed by atoms with Crippen molar-refractivity contribution < 1.29 is 27.1 Å². The molecule has 0 bridgehead atoms. The summed E-state index contributed by atoms with van der Waals surface area (Å²) in [5.74, 6) is -0.0340. The Balaban J connectivity index is 1.60. The van der Waals surface area contributed by atoms with Crippen molar-refractivity contribution in [2.45, 2.75) is 32.7 Å². The molecule has 2 N–H and O–H groups in total. The fraction of sp³-hybridized carbons (Fsp3) is 0.222. The Labute approximate surface area is 219 Å². The second kappa shape index (κ2) is 9.73. The summed E-state index contributed by atoms with van der Waals surface area (Å²) in [5, 5.41) is 3.14. The molecular weight excluding hydrogens is 517 g/mol. The fourth-order valence-corrected chi connectivity index (χ4v) is 5.13. The zero-order valence-corrected chi connectivity index (χ0v) is 21.5. The van der Waals surface area contributed by atoms with E-state index in [9.17, 15) is 18.0 Å². The Kier molecular flexibility index (Phi) is 6.58. The molecule has 1 amide bonds. The number of aromatic nitrogens is 2. The molecule has 7 nitrogen and oxygen atoms in total. The largest absolute Gasteiger partial charge is 0.489 e. The van der Waals surface area contributed by atoms with Crippen LogP contribution in [0.1, 0.15) is 35.8 Å². The number of alkyl halides is 3. The summed E-state index contributed by atoms with van der Waals surface area (Å²) in [5.41, 5.74) is 5.94. The average Bonchev–Trinajstić information content (AvgIpc) is 3.51. The first-order valence-corrected chi connectivity index (χ1v) is 12.6. The lowest BCUT2D eigenvalue weighted by atomic mass is 10.1. The van der Waals surface area contributed by atoms with Gasteiger partial charge in [-0.2, -0.15) is 13.2 Å². The van der Waals surface area contributed by atoms with Crippen molar-refractivity contribution in [3.8, 4) is 17.2 Å². The van der Waals surface area contributed by atoms with Gasteiger partial charge >= 0.3 is 6.18 Å². The van der Waals surface area contributed by atoms with Gasteiger partial charge in [-0.15, -0.1) is 11.3 Å². The van der Waals surface area contributed by atoms with Crippen molar-refractivity contribution in [3.63, 3.8) is 0 Å². The Bertz CT molecular complexity index is 1660. The minimum Gasteiger partial charge on any atom is -0.489 e. The molecule has 0 aliphatic carbocycles. The molecule has 3 heterocycles. The zero-order valence-electron chi connectivity index (χ0n) is 20.7. The third-order valence-electron chi connectivity index (χ3n) is 5.92. The molecule has 0 saturated carbocycles. The summed E-state index contributed by atoms with van der Waals surface area (Å²) in [6.07, 6.45) is -4.93. The van der Waals surface area contributed by atoms with E-state index in [2.05, 4.69) is 9.97 Å². The predicted molar refractivity (Wildman–Crippen MR) is 140 cm³/mol. The number of hydrogen-bond donors (Lipinski definition) is 1. The van der Waals surface area contributed by atoms with Gasteiger partial charge in [0.05, 0.1) is 18.3 Å². The number of rotatable bonds is 6. The molecule has 0 saturated heterocycles. The van der Waals surface area contributed by atoms with Gasteiger partial charge in [0, 0.05) is 33.5 Å². The van der Waals surface area contributed by atoms with Gasteiger partial charge in [-0.25, -0.2) is 9.97 Å². The van der Waals surface area contributed by atoms with E-state index in [-0.39, 0.29) is 41.3 Å². The van der Waals surface area contributed by atoms with E-state index in [1.165, 1.54) is 28.4 Å². The number of nitrogens with zero attached hydrogens (tertiary/aromatic N) is 3. The van der Waals surface area contributed by atoms with Crippen molar-refractivity contribution >= 4 is 43.9 Å². The number of ether oxygens (including phenoxy) is 1. The summed E-state index contributed by atoms with van der Waals surface area (Å²) < 4.78 is 52.9. The van der Waals surface area contributed by atoms with Crippen LogP contribution in [0.4, 0.5) is 18.9 Å². The van der Waals surface area contributed by atoms with E-state index in [1.54, 1.807) is 27.0 Å². The van der Waals surface area contributed by atoms with Gasteiger partial charge in [0.15, 0.2) is 11.5 Å². The van der Waals surface area contributed by atoms with Crippen molar-refractivity contribution in [2.24, 2.45) is 5.73 Å². The Morgan fingerprint density at radius 3 is 2.58 bits per heavy atom. The first kappa shape index (κ1) is 25.7. The molecule has 38 heavy (non-hydrogen) atoms. The molecule has 5 aromatic rings. The second-order valence-corrected chi connectivity index (χ2v) is 9.76. The first-order chi connectivity index (χ1) is 18.1. The molecule has 196 valence electrons. The zero-order chi connectivity index (χ0) is 27.2. The van der Waals surface area contributed by atoms with Crippen molar-refractivity contribution in [3.05, 3.63) is 71.1 Å². The van der Waals surface area contributed by atoms with Gasteiger partial charge in [-0.3, -0.25) is 4.79 Å². The molecule has 5 rings (SSSR count). The van der Waals surface area contributed by atoms with Gasteiger partial charge in [0.2, 0.25) is 5.89 Å². The van der Waals surface area contributed by atoms with Gasteiger partial charge in [0.25, 0.3) is 5.91 Å². The molecule has 0 aliphatic rings. The molecule has 0 unspecified atom stereocenters. The summed E-state index contributed by atoms with van der Waals surface area (Å²) in [6.45, 7) is 3.43. The van der Waals surface area contributed by atoms with E-state index < -0.39 is 17.8 Å². The highest BCUT2D eigenvalue weighted by molar-refractivity contribution is 7.17. The topological polar surface area (TPSA) is 94.5 Å². The normalized spacial score (nSPS) is 12.0. The van der Waals surface area contributed by atoms with Crippen LogP contribution < -0.4 is 15.4 Å². The third kappa shape index (κ3) is 4.59. The van der Waals surface area contributed by atoms with Crippen LogP contribution in [0.25, 0.3) is 32.4 Å². The number of carbonyl (C=O) groups is 1. The summed E-state index contributed by atoms with van der Waals surface area (Å²) >= 11 is 1.52. The van der Waals surface area contributed by atoms with Crippen molar-refractivity contribution in [1.82, 2.24) is 9.97 Å². The number of oxazole rings is 1. The maximum atomic E-state index is 13.5. The summed E-state index contributed by atoms with van der Waals surface area (Å²) in [4.78, 5) is 23.3. The van der Waals surface area contributed by atoms with E-state index in [1.807, 2.05) is 29.6 Å². The number of nitrogens with two attached hydrogens (primary N) is 1. The molecular formula is C27H23F3N4O3S. The Hall–Kier alpha value is -3.96. The van der Waals surface area contributed by atoms with Crippen LogP contribution in [0, 0.1) is 0 Å². The predicted octanol–water partition coefficient (Wildman–Crippen LogP) is 6.65. The summed E-state index contributed by atoms with van der Waals surface area (Å²) in [7, 11) is 1.64. The standard InChI is InChI=1S/C27H23F3N4O3S/c1-14(2)36-19-10-8-16(15-9-11-22(27(28,29)30)32-23(15)19)25-33-24(20(12-31)37-25)26(35)34(3)18-13-38-21-7-5-4-6-17(18)21/h4-11,13-14H,12,31H2,1-3H3. The molecule has 0 spiro atoms. The number of thiophene rings is 1. The molecule has 0 atom stereocenters. The van der Waals surface area contributed by atoms with Crippen LogP contribution in [0.2, 0.25) is 0 Å². The minimum absolute atomic E-state index is 0.00765. The lowest BCUT2D eigenvalue weighted by molar-refractivity contribution is -0.140. The number of hydrogen-bond acceptors (Lipinski definition) is 7. The van der Waals surface area contributed by atoms with E-state index in [4.69, 9.17) is 14.9 Å². The summed E-state index contributed by atoms with van der Waals surface area (Å²) in [6, 6.07) is 13.0. The highest BCUT2D eigenvalue weighted by Crippen LogP contribution is 2.38. The number of halogens is 3. The SMILES string of the molecule is CC(C)Oc1ccc(-c2nc(C(=O)N(C)c3csc4ccccc34)c(CN)o2)c2ccc(C(F)(F)F)nc12. The molecule has 2 aromatic carbocycles. The lowest BCUT2D eigenvalue weighted by Gasteiger charge is -2.15. The van der Waals surface area contributed by atoms with E-state index >= 15 is 0 Å². The van der Waals surface area contributed by atoms with Crippen LogP contribution in [0.5, 0.6) is 5.75 Å². The second-order valence-electron chi connectivity index (χ2n) is 8.84. The number of carbonyl (C=O) groups excluding carboxylic acids is 1. The quantitative estimate of drug-likeness (QED) is 0.259. The monoisotopic (exact) mass is 540 g/mol. The van der Waals surface area contributed by atoms with Crippen LogP contribution in [-0.2, 0) is 12.7 Å². The third-order valence-corrected chi connectivity index (χ3v) is 6.87. The molecule has 0 radical (unpaired) electrons. The highest BCUT2D eigenvalue weighted by Gasteiger charge is 2.33. The van der Waals surface area contributed by atoms with Crippen LogP contribution in [0.15, 0.2) is 58.3 Å². The molecule has 3 aromatic heterocycles. The molecule has 11 heteroatoms. The lowest BCUT2D eigenvalue weighted by Crippen LogP contribution is -2.27. The van der Waals surface area contributed by atoms with Crippen molar-refractivity contribution in [1.29, 1.82) is 0 Å². The first-order valence-electron chi connectivity index (χ1n) is 11.7. The smallest absolute Gasteiger partial charge is 0.433 e. The average molecular weight is 541 g/mol. The number of fused-ring (bicyclic) bond motifs is 2. The Morgan fingerprint density at radius 1 is 1.11 bits per heavy atom. The van der Waals surface area contributed by atoms with Crippen LogP contribution in [-0.4, -0.2) is 29.0 Å². The number of amides is 1. The van der Waals surface area contributed by atoms with Crippen molar-refractivity contribution in [2.75, 3.05) is 11.9 Å². The van der Waals surface area contributed by atoms with Gasteiger partial charge in [-0.05, 0) is 44.2 Å². The molecule has 0 aliphatic heterocycles. The Morgan fingerprint density at radius 2 is 1.87 bits per heavy atom. The minimum atomic E-state index is -4.63. The van der Waals surface area contributed by atoms with Gasteiger partial charge in [0.1, 0.15) is 17.0 Å².